The topological polar surface area (TPSA) is 59.0 Å². The summed E-state index contributed by atoms with van der Waals surface area (Å²) >= 11 is 6.32. The number of nitrogens with one attached hydrogen (secondary N) is 2. The Balaban J connectivity index is 1.41. The minimum Gasteiger partial charge on any atom is -0.334 e. The number of carbonyl (C=O) groups excluding carboxylic acids is 1. The monoisotopic (exact) mass is 434 g/mol. The third-order valence-corrected chi connectivity index (χ3v) is 6.22. The van der Waals surface area contributed by atoms with Crippen LogP contribution < -0.4 is 10.6 Å². The Bertz CT molecular complexity index is 1120. The van der Waals surface area contributed by atoms with Gasteiger partial charge in [-0.3, -0.25) is 0 Å². The van der Waals surface area contributed by atoms with E-state index in [4.69, 9.17) is 16.7 Å². The van der Waals surface area contributed by atoms with Crippen LogP contribution in [0, 0.1) is 20.8 Å². The predicted molar refractivity (Wildman–Crippen MR) is 125 cm³/mol. The summed E-state index contributed by atoms with van der Waals surface area (Å²) < 4.78 is 1.96. The van der Waals surface area contributed by atoms with Crippen molar-refractivity contribution in [3.63, 3.8) is 0 Å². The van der Waals surface area contributed by atoms with Crippen molar-refractivity contribution >= 4 is 17.6 Å². The molecular formula is C25H27ClN4O. The lowest BCUT2D eigenvalue weighted by molar-refractivity contribution is 0.238. The van der Waals surface area contributed by atoms with Crippen LogP contribution in [0.15, 0.2) is 60.7 Å². The van der Waals surface area contributed by atoms with E-state index >= 15 is 0 Å². The summed E-state index contributed by atoms with van der Waals surface area (Å²) in [6.07, 6.45) is 5.07. The van der Waals surface area contributed by atoms with E-state index < -0.39 is 0 Å². The van der Waals surface area contributed by atoms with Gasteiger partial charge in [0.25, 0.3) is 0 Å². The molecule has 0 fully saturated rings. The molecule has 1 heterocycles. The van der Waals surface area contributed by atoms with Gasteiger partial charge in [0.05, 0.1) is 11.4 Å². The van der Waals surface area contributed by atoms with Crippen LogP contribution in [-0.4, -0.2) is 21.9 Å². The predicted octanol–water partition coefficient (Wildman–Crippen LogP) is 5.36. The molecule has 0 saturated heterocycles. The fourth-order valence-electron chi connectivity index (χ4n) is 4.17. The minimum atomic E-state index is -0.155. The first kappa shape index (κ1) is 21.2. The average molecular weight is 435 g/mol. The lowest BCUT2D eigenvalue weighted by Crippen LogP contribution is -2.40. The fourth-order valence-corrected chi connectivity index (χ4v) is 4.35. The molecule has 160 valence electrons. The van der Waals surface area contributed by atoms with Crippen LogP contribution in [0.25, 0.3) is 5.69 Å². The first-order chi connectivity index (χ1) is 14.9. The van der Waals surface area contributed by atoms with Crippen molar-refractivity contribution in [3.05, 3.63) is 93.8 Å². The van der Waals surface area contributed by atoms with E-state index in [1.54, 1.807) is 0 Å². The van der Waals surface area contributed by atoms with Gasteiger partial charge in [-0.25, -0.2) is 9.48 Å². The number of carbonyl (C=O) groups is 1. The molecule has 6 heteroatoms. The standard InChI is InChI=1S/C25H27ClN4O/c1-16-9-12-22(14-23(16)26)30-18(3)24(17(2)29-30)20-10-11-21(13-20)28-25(31)27-15-19-7-5-4-6-8-19/h4-12,14,20-21H,13,15H2,1-3H3,(H2,27,28,31)/t20-,21+/m0/s1. The molecule has 0 unspecified atom stereocenters. The second kappa shape index (κ2) is 8.98. The third kappa shape index (κ3) is 4.67. The second-order valence-corrected chi connectivity index (χ2v) is 8.48. The highest BCUT2D eigenvalue weighted by molar-refractivity contribution is 6.31. The van der Waals surface area contributed by atoms with E-state index in [1.807, 2.05) is 67.1 Å². The molecule has 5 nitrogen and oxygen atoms in total. The van der Waals surface area contributed by atoms with Crippen LogP contribution in [0.4, 0.5) is 4.79 Å². The van der Waals surface area contributed by atoms with Crippen molar-refractivity contribution in [2.75, 3.05) is 0 Å². The van der Waals surface area contributed by atoms with Crippen molar-refractivity contribution in [1.82, 2.24) is 20.4 Å². The zero-order valence-electron chi connectivity index (χ0n) is 18.0. The van der Waals surface area contributed by atoms with Crippen LogP contribution in [0.3, 0.4) is 0 Å². The largest absolute Gasteiger partial charge is 0.334 e. The van der Waals surface area contributed by atoms with Crippen molar-refractivity contribution in [2.45, 2.75) is 45.7 Å². The van der Waals surface area contributed by atoms with Crippen LogP contribution in [0.1, 0.15) is 40.4 Å². The van der Waals surface area contributed by atoms with Gasteiger partial charge in [-0.1, -0.05) is 60.2 Å². The molecular weight excluding hydrogens is 408 g/mol. The molecule has 2 N–H and O–H groups in total. The van der Waals surface area contributed by atoms with Gasteiger partial charge in [-0.15, -0.1) is 0 Å². The normalized spacial score (nSPS) is 17.7. The summed E-state index contributed by atoms with van der Waals surface area (Å²) in [6, 6.07) is 15.7. The smallest absolute Gasteiger partial charge is 0.315 e. The first-order valence-corrected chi connectivity index (χ1v) is 10.9. The van der Waals surface area contributed by atoms with Gasteiger partial charge in [-0.2, -0.15) is 5.10 Å². The quantitative estimate of drug-likeness (QED) is 0.531. The number of hydrogen-bond acceptors (Lipinski definition) is 2. The molecule has 1 aliphatic rings. The Morgan fingerprint density at radius 2 is 1.90 bits per heavy atom. The van der Waals surface area contributed by atoms with Crippen molar-refractivity contribution in [3.8, 4) is 5.69 Å². The maximum atomic E-state index is 12.3. The molecule has 0 saturated carbocycles. The second-order valence-electron chi connectivity index (χ2n) is 8.08. The van der Waals surface area contributed by atoms with Gasteiger partial charge in [0.2, 0.25) is 0 Å². The Hall–Kier alpha value is -3.05. The first-order valence-electron chi connectivity index (χ1n) is 10.5. The van der Waals surface area contributed by atoms with Gasteiger partial charge in [-0.05, 0) is 50.5 Å². The van der Waals surface area contributed by atoms with Crippen molar-refractivity contribution in [1.29, 1.82) is 0 Å². The molecule has 0 aliphatic heterocycles. The average Bonchev–Trinajstić information content (AvgIpc) is 3.32. The molecule has 0 bridgehead atoms. The summed E-state index contributed by atoms with van der Waals surface area (Å²) in [4.78, 5) is 12.3. The van der Waals surface area contributed by atoms with E-state index in [0.29, 0.717) is 6.54 Å². The summed E-state index contributed by atoms with van der Waals surface area (Å²) in [5, 5.41) is 11.5. The van der Waals surface area contributed by atoms with Gasteiger partial charge in [0, 0.05) is 34.8 Å². The lowest BCUT2D eigenvalue weighted by atomic mass is 9.96. The van der Waals surface area contributed by atoms with Gasteiger partial charge in [0.1, 0.15) is 0 Å². The summed E-state index contributed by atoms with van der Waals surface area (Å²) in [5.41, 5.74) is 6.39. The number of hydrogen-bond donors (Lipinski definition) is 2. The number of aromatic nitrogens is 2. The maximum Gasteiger partial charge on any atom is 0.315 e. The van der Waals surface area contributed by atoms with E-state index in [1.165, 1.54) is 5.56 Å². The molecule has 0 spiro atoms. The number of allylic oxidation sites excluding steroid dienone is 1. The van der Waals surface area contributed by atoms with Crippen LogP contribution in [-0.2, 0) is 6.54 Å². The van der Waals surface area contributed by atoms with Crippen LogP contribution in [0.5, 0.6) is 0 Å². The van der Waals surface area contributed by atoms with E-state index in [0.717, 1.165) is 39.6 Å². The van der Waals surface area contributed by atoms with Gasteiger partial charge in [0.15, 0.2) is 0 Å². The van der Waals surface area contributed by atoms with Crippen molar-refractivity contribution in [2.24, 2.45) is 0 Å². The number of urea groups is 1. The number of benzene rings is 2. The van der Waals surface area contributed by atoms with Crippen molar-refractivity contribution < 1.29 is 4.79 Å². The van der Waals surface area contributed by atoms with Crippen LogP contribution in [0.2, 0.25) is 5.02 Å². The number of aryl methyl sites for hydroxylation is 2. The van der Waals surface area contributed by atoms with E-state index in [-0.39, 0.29) is 18.0 Å². The maximum absolute atomic E-state index is 12.3. The summed E-state index contributed by atoms with van der Waals surface area (Å²) in [7, 11) is 0. The SMILES string of the molecule is Cc1ccc(-n2nc(C)c([C@H]3C=C[C@@H](NC(=O)NCc4ccccc4)C3)c2C)cc1Cl. The molecule has 2 atom stereocenters. The molecule has 0 radical (unpaired) electrons. The molecule has 4 rings (SSSR count). The van der Waals surface area contributed by atoms with Gasteiger partial charge >= 0.3 is 6.03 Å². The number of amides is 2. The highest BCUT2D eigenvalue weighted by Gasteiger charge is 2.27. The molecule has 2 amide bonds. The number of halogens is 1. The lowest BCUT2D eigenvalue weighted by Gasteiger charge is -2.15. The molecule has 2 aromatic carbocycles. The molecule has 1 aliphatic carbocycles. The Kier molecular flexibility index (Phi) is 6.14. The highest BCUT2D eigenvalue weighted by Crippen LogP contribution is 2.34. The zero-order valence-corrected chi connectivity index (χ0v) is 18.8. The fraction of sp³-hybridized carbons (Fsp3) is 0.280. The Labute approximate surface area is 188 Å². The van der Waals surface area contributed by atoms with E-state index in [2.05, 4.69) is 29.7 Å². The molecule has 3 aromatic rings. The summed E-state index contributed by atoms with van der Waals surface area (Å²) in [6.45, 7) is 6.63. The highest BCUT2D eigenvalue weighted by atomic mass is 35.5. The van der Waals surface area contributed by atoms with Gasteiger partial charge < -0.3 is 10.6 Å². The number of rotatable bonds is 5. The Morgan fingerprint density at radius 3 is 2.65 bits per heavy atom. The summed E-state index contributed by atoms with van der Waals surface area (Å²) in [5.74, 6) is 0.217. The van der Waals surface area contributed by atoms with E-state index in [9.17, 15) is 4.79 Å². The molecule has 31 heavy (non-hydrogen) atoms. The number of nitrogens with zero attached hydrogens (tertiary/aromatic N) is 2. The molecule has 1 aromatic heterocycles. The Morgan fingerprint density at radius 1 is 1.13 bits per heavy atom. The zero-order chi connectivity index (χ0) is 22.0. The van der Waals surface area contributed by atoms with Crippen LogP contribution >= 0.6 is 11.6 Å². The minimum absolute atomic E-state index is 0.00302. The third-order valence-electron chi connectivity index (χ3n) is 5.81.